The molecule has 1 aromatic carbocycles. The zero-order chi connectivity index (χ0) is 15.0. The van der Waals surface area contributed by atoms with Crippen molar-refractivity contribution in [3.05, 3.63) is 33.4 Å². The lowest BCUT2D eigenvalue weighted by Gasteiger charge is -2.42. The molecule has 0 aromatic heterocycles. The smallest absolute Gasteiger partial charge is 0.303 e. The number of rotatable bonds is 4. The topological polar surface area (TPSA) is 40.5 Å². The van der Waals surface area contributed by atoms with Crippen molar-refractivity contribution in [3.8, 4) is 0 Å². The van der Waals surface area contributed by atoms with Crippen molar-refractivity contribution < 1.29 is 9.90 Å². The van der Waals surface area contributed by atoms with Crippen molar-refractivity contribution in [1.82, 2.24) is 4.90 Å². The zero-order valence-corrected chi connectivity index (χ0v) is 14.5. The van der Waals surface area contributed by atoms with Crippen LogP contribution in [0.25, 0.3) is 0 Å². The molecule has 3 rings (SSSR count). The van der Waals surface area contributed by atoms with Crippen LogP contribution in [0, 0.1) is 9.49 Å². The monoisotopic (exact) mass is 399 g/mol. The third-order valence-corrected chi connectivity index (χ3v) is 5.87. The van der Waals surface area contributed by atoms with E-state index >= 15 is 0 Å². The number of carboxylic acids is 1. The summed E-state index contributed by atoms with van der Waals surface area (Å²) < 4.78 is 1.27. The predicted molar refractivity (Wildman–Crippen MR) is 91.2 cm³/mol. The van der Waals surface area contributed by atoms with Crippen LogP contribution >= 0.6 is 22.6 Å². The fraction of sp³-hybridized carbons (Fsp3) is 0.588. The van der Waals surface area contributed by atoms with Crippen LogP contribution in [0.4, 0.5) is 0 Å². The van der Waals surface area contributed by atoms with E-state index in [1.807, 2.05) is 0 Å². The third kappa shape index (κ3) is 3.26. The molecule has 0 saturated carbocycles. The fourth-order valence-corrected chi connectivity index (χ4v) is 4.65. The predicted octanol–water partition coefficient (Wildman–Crippen LogP) is 4.07. The molecule has 2 bridgehead atoms. The molecule has 1 aromatic rings. The van der Waals surface area contributed by atoms with Gasteiger partial charge < -0.3 is 5.11 Å². The van der Waals surface area contributed by atoms with E-state index in [9.17, 15) is 4.79 Å². The number of halogens is 1. The second kappa shape index (κ2) is 6.24. The van der Waals surface area contributed by atoms with Crippen LogP contribution < -0.4 is 0 Å². The summed E-state index contributed by atoms with van der Waals surface area (Å²) in [6, 6.07) is 10.4. The maximum Gasteiger partial charge on any atom is 0.303 e. The molecule has 2 aliphatic rings. The number of fused-ring (bicyclic) bond motifs is 2. The first-order chi connectivity index (χ1) is 10.0. The lowest BCUT2D eigenvalue weighted by atomic mass is 9.86. The highest BCUT2D eigenvalue weighted by molar-refractivity contribution is 14.1. The van der Waals surface area contributed by atoms with E-state index in [2.05, 4.69) is 58.7 Å². The summed E-state index contributed by atoms with van der Waals surface area (Å²) in [5, 5.41) is 9.02. The Bertz CT molecular complexity index is 502. The van der Waals surface area contributed by atoms with Gasteiger partial charge in [0, 0.05) is 28.1 Å². The zero-order valence-electron chi connectivity index (χ0n) is 12.3. The number of hydrogen-bond donors (Lipinski definition) is 1. The van der Waals surface area contributed by atoms with Crippen LogP contribution in [0.3, 0.4) is 0 Å². The summed E-state index contributed by atoms with van der Waals surface area (Å²) >= 11 is 2.34. The Kier molecular flexibility index (Phi) is 4.54. The van der Waals surface area contributed by atoms with Crippen molar-refractivity contribution in [3.63, 3.8) is 0 Å². The molecule has 114 valence electrons. The van der Waals surface area contributed by atoms with E-state index in [-0.39, 0.29) is 0 Å². The lowest BCUT2D eigenvalue weighted by Crippen LogP contribution is -2.44. The molecule has 3 unspecified atom stereocenters. The molecule has 0 amide bonds. The van der Waals surface area contributed by atoms with Crippen LogP contribution in [-0.4, -0.2) is 28.1 Å². The minimum absolute atomic E-state index is 0.346. The van der Waals surface area contributed by atoms with Crippen molar-refractivity contribution in [2.75, 3.05) is 0 Å². The fourth-order valence-electron chi connectivity index (χ4n) is 4.29. The highest BCUT2D eigenvalue weighted by Crippen LogP contribution is 2.44. The summed E-state index contributed by atoms with van der Waals surface area (Å²) in [6.07, 6.45) is 4.92. The summed E-state index contributed by atoms with van der Waals surface area (Å²) in [4.78, 5) is 13.6. The summed E-state index contributed by atoms with van der Waals surface area (Å²) in [5.41, 5.74) is 1.38. The molecule has 2 heterocycles. The molecule has 1 N–H and O–H groups in total. The van der Waals surface area contributed by atoms with Gasteiger partial charge in [0.05, 0.1) is 0 Å². The van der Waals surface area contributed by atoms with E-state index < -0.39 is 5.97 Å². The van der Waals surface area contributed by atoms with Crippen molar-refractivity contribution in [2.24, 2.45) is 5.92 Å². The van der Waals surface area contributed by atoms with Gasteiger partial charge in [0.2, 0.25) is 0 Å². The van der Waals surface area contributed by atoms with E-state index in [1.165, 1.54) is 22.0 Å². The lowest BCUT2D eigenvalue weighted by molar-refractivity contribution is -0.138. The molecule has 21 heavy (non-hydrogen) atoms. The molecule has 2 saturated heterocycles. The quantitative estimate of drug-likeness (QED) is 0.777. The average molecular weight is 399 g/mol. The number of aliphatic carboxylic acids is 1. The Hall–Kier alpha value is -0.620. The molecule has 3 nitrogen and oxygen atoms in total. The first-order valence-electron chi connectivity index (χ1n) is 7.79. The van der Waals surface area contributed by atoms with Crippen molar-refractivity contribution >= 4 is 28.6 Å². The van der Waals surface area contributed by atoms with E-state index in [0.717, 1.165) is 12.8 Å². The Morgan fingerprint density at radius 2 is 1.86 bits per heavy atom. The van der Waals surface area contributed by atoms with E-state index in [4.69, 9.17) is 5.11 Å². The molecule has 0 spiro atoms. The van der Waals surface area contributed by atoms with Crippen molar-refractivity contribution in [1.29, 1.82) is 0 Å². The summed E-state index contributed by atoms with van der Waals surface area (Å²) in [5.74, 6) is -0.265. The Morgan fingerprint density at radius 3 is 2.38 bits per heavy atom. The largest absolute Gasteiger partial charge is 0.481 e. The third-order valence-electron chi connectivity index (χ3n) is 5.15. The number of piperidine rings is 1. The molecule has 2 aliphatic heterocycles. The second-order valence-corrected chi connectivity index (χ2v) is 7.74. The molecule has 0 aliphatic carbocycles. The number of nitrogens with zero attached hydrogens (tertiary/aromatic N) is 1. The first kappa shape index (κ1) is 15.3. The number of hydrogen-bond acceptors (Lipinski definition) is 2. The second-order valence-electron chi connectivity index (χ2n) is 6.50. The van der Waals surface area contributed by atoms with Gasteiger partial charge in [-0.25, -0.2) is 0 Å². The van der Waals surface area contributed by atoms with Crippen LogP contribution in [0.2, 0.25) is 0 Å². The van der Waals surface area contributed by atoms with Crippen LogP contribution in [-0.2, 0) is 4.79 Å². The van der Waals surface area contributed by atoms with Gasteiger partial charge in [0.25, 0.3) is 0 Å². The highest BCUT2D eigenvalue weighted by atomic mass is 127. The maximum absolute atomic E-state index is 11.0. The molecule has 3 atom stereocenters. The van der Waals surface area contributed by atoms with Gasteiger partial charge in [-0.2, -0.15) is 0 Å². The van der Waals surface area contributed by atoms with Gasteiger partial charge in [-0.3, -0.25) is 9.69 Å². The number of carboxylic acid groups (broad SMARTS) is 1. The van der Waals surface area contributed by atoms with Crippen LogP contribution in [0.1, 0.15) is 50.6 Å². The normalized spacial score (nSPS) is 30.3. The molecule has 2 fully saturated rings. The minimum atomic E-state index is -0.640. The number of benzene rings is 1. The van der Waals surface area contributed by atoms with Gasteiger partial charge in [-0.05, 0) is 78.8 Å². The maximum atomic E-state index is 11.0. The standard InChI is InChI=1S/C17H22INO2/c1-11(13-2-4-14(18)5-3-13)19-15-6-7-16(19)9-12(8-15)10-17(20)21/h2-5,11-12,15-16H,6-10H2,1H3,(H,20,21). The average Bonchev–Trinajstić information content (AvgIpc) is 2.70. The van der Waals surface area contributed by atoms with Crippen LogP contribution in [0.5, 0.6) is 0 Å². The Labute approximate surface area is 139 Å². The molecule has 4 heteroatoms. The van der Waals surface area contributed by atoms with Crippen LogP contribution in [0.15, 0.2) is 24.3 Å². The SMILES string of the molecule is CC(c1ccc(I)cc1)N1C2CCC1CC(CC(=O)O)C2. The van der Waals surface area contributed by atoms with Gasteiger partial charge in [-0.1, -0.05) is 12.1 Å². The van der Waals surface area contributed by atoms with Crippen molar-refractivity contribution in [2.45, 2.75) is 57.2 Å². The van der Waals surface area contributed by atoms with Gasteiger partial charge >= 0.3 is 5.97 Å². The van der Waals surface area contributed by atoms with E-state index in [1.54, 1.807) is 0 Å². The summed E-state index contributed by atoms with van der Waals surface area (Å²) in [6.45, 7) is 2.30. The van der Waals surface area contributed by atoms with E-state index in [0.29, 0.717) is 30.5 Å². The molecular weight excluding hydrogens is 377 g/mol. The Morgan fingerprint density at radius 1 is 1.29 bits per heavy atom. The number of carbonyl (C=O) groups is 1. The van der Waals surface area contributed by atoms with Gasteiger partial charge in [0.15, 0.2) is 0 Å². The molecule has 0 radical (unpaired) electrons. The van der Waals surface area contributed by atoms with Gasteiger partial charge in [-0.15, -0.1) is 0 Å². The molecular formula is C17H22INO2. The summed E-state index contributed by atoms with van der Waals surface area (Å²) in [7, 11) is 0. The Balaban J connectivity index is 1.72. The van der Waals surface area contributed by atoms with Gasteiger partial charge in [0.1, 0.15) is 0 Å². The highest BCUT2D eigenvalue weighted by Gasteiger charge is 2.43. The minimum Gasteiger partial charge on any atom is -0.481 e. The first-order valence-corrected chi connectivity index (χ1v) is 8.87.